The van der Waals surface area contributed by atoms with Gasteiger partial charge in [0.25, 0.3) is 10.0 Å². The Morgan fingerprint density at radius 1 is 1.00 bits per heavy atom. The number of hydrogen-bond donors (Lipinski definition) is 2. The van der Waals surface area contributed by atoms with Gasteiger partial charge in [0.2, 0.25) is 0 Å². The fraction of sp³-hybridized carbons (Fsp3) is 0.259. The average Bonchev–Trinajstić information content (AvgIpc) is 3.29. The standard InChI is InChI=1S/C27H28N2O3S/c1-18(2)32-21-13-11-19(12-14-21)27-24-10-6-9-23(24)25-17-22(15-16-26(25)28-27)33(30,31)29-20-7-4-3-5-8-20/h3-9,11-18,23-24,27-29H,10H2,1-2H3/t23-,24+,27+/m0/s1. The van der Waals surface area contributed by atoms with Crippen LogP contribution in [0.4, 0.5) is 11.4 Å². The maximum atomic E-state index is 13.0. The molecule has 3 aromatic rings. The molecule has 0 spiro atoms. The second kappa shape index (κ2) is 8.60. The van der Waals surface area contributed by atoms with E-state index in [1.807, 2.05) is 56.3 Å². The first-order valence-electron chi connectivity index (χ1n) is 11.3. The van der Waals surface area contributed by atoms with Crippen molar-refractivity contribution in [2.24, 2.45) is 5.92 Å². The number of hydrogen-bond acceptors (Lipinski definition) is 4. The predicted octanol–water partition coefficient (Wildman–Crippen LogP) is 6.10. The summed E-state index contributed by atoms with van der Waals surface area (Å²) in [5.41, 5.74) is 3.77. The van der Waals surface area contributed by atoms with Gasteiger partial charge in [-0.2, -0.15) is 0 Å². The molecule has 5 rings (SSSR count). The lowest BCUT2D eigenvalue weighted by Crippen LogP contribution is -2.29. The summed E-state index contributed by atoms with van der Waals surface area (Å²) in [7, 11) is -3.67. The summed E-state index contributed by atoms with van der Waals surface area (Å²) >= 11 is 0. The zero-order chi connectivity index (χ0) is 23.0. The fourth-order valence-electron chi connectivity index (χ4n) is 4.82. The van der Waals surface area contributed by atoms with E-state index in [9.17, 15) is 8.42 Å². The van der Waals surface area contributed by atoms with E-state index in [0.717, 1.165) is 23.4 Å². The first kappa shape index (κ1) is 21.6. The van der Waals surface area contributed by atoms with Crippen LogP contribution in [0.15, 0.2) is 89.8 Å². The van der Waals surface area contributed by atoms with Crippen molar-refractivity contribution in [1.29, 1.82) is 0 Å². The molecule has 0 fully saturated rings. The third kappa shape index (κ3) is 4.35. The second-order valence-electron chi connectivity index (χ2n) is 8.93. The Kier molecular flexibility index (Phi) is 5.62. The lowest BCUT2D eigenvalue weighted by Gasteiger charge is -2.37. The number of fused-ring (bicyclic) bond motifs is 3. The van der Waals surface area contributed by atoms with E-state index in [1.165, 1.54) is 5.56 Å². The number of sulfonamides is 1. The summed E-state index contributed by atoms with van der Waals surface area (Å²) in [5.74, 6) is 1.37. The minimum Gasteiger partial charge on any atom is -0.491 e. The zero-order valence-electron chi connectivity index (χ0n) is 18.7. The van der Waals surface area contributed by atoms with Crippen LogP contribution >= 0.6 is 0 Å². The van der Waals surface area contributed by atoms with Crippen LogP contribution in [0.25, 0.3) is 0 Å². The van der Waals surface area contributed by atoms with Crippen LogP contribution in [0.2, 0.25) is 0 Å². The average molecular weight is 461 g/mol. The van der Waals surface area contributed by atoms with Gasteiger partial charge in [0, 0.05) is 17.3 Å². The molecule has 0 bridgehead atoms. The van der Waals surface area contributed by atoms with Crippen molar-refractivity contribution in [2.75, 3.05) is 10.0 Å². The number of para-hydroxylation sites is 1. The predicted molar refractivity (Wildman–Crippen MR) is 132 cm³/mol. The van der Waals surface area contributed by atoms with Crippen molar-refractivity contribution in [3.8, 4) is 5.75 Å². The van der Waals surface area contributed by atoms with Gasteiger partial charge in [-0.25, -0.2) is 8.42 Å². The van der Waals surface area contributed by atoms with E-state index in [-0.39, 0.29) is 23.0 Å². The molecular weight excluding hydrogens is 432 g/mol. The number of nitrogens with one attached hydrogen (secondary N) is 2. The largest absolute Gasteiger partial charge is 0.491 e. The molecule has 2 N–H and O–H groups in total. The third-order valence-corrected chi connectivity index (χ3v) is 7.66. The van der Waals surface area contributed by atoms with Gasteiger partial charge in [0.05, 0.1) is 17.0 Å². The lowest BCUT2D eigenvalue weighted by atomic mass is 9.77. The van der Waals surface area contributed by atoms with Crippen molar-refractivity contribution < 1.29 is 13.2 Å². The molecule has 6 heteroatoms. The van der Waals surface area contributed by atoms with Crippen molar-refractivity contribution in [3.05, 3.63) is 96.1 Å². The van der Waals surface area contributed by atoms with Gasteiger partial charge in [-0.3, -0.25) is 4.72 Å². The highest BCUT2D eigenvalue weighted by Gasteiger charge is 2.38. The van der Waals surface area contributed by atoms with Crippen LogP contribution in [0.3, 0.4) is 0 Å². The maximum absolute atomic E-state index is 13.0. The molecule has 0 aromatic heterocycles. The van der Waals surface area contributed by atoms with Gasteiger partial charge in [0.15, 0.2) is 0 Å². The number of allylic oxidation sites excluding steroid dienone is 2. The Morgan fingerprint density at radius 3 is 2.48 bits per heavy atom. The Bertz CT molecular complexity index is 1270. The van der Waals surface area contributed by atoms with E-state index in [2.05, 4.69) is 34.3 Å². The lowest BCUT2D eigenvalue weighted by molar-refractivity contribution is 0.242. The molecule has 5 nitrogen and oxygen atoms in total. The van der Waals surface area contributed by atoms with Gasteiger partial charge >= 0.3 is 0 Å². The maximum Gasteiger partial charge on any atom is 0.261 e. The van der Waals surface area contributed by atoms with Crippen molar-refractivity contribution in [2.45, 2.75) is 43.2 Å². The van der Waals surface area contributed by atoms with Crippen molar-refractivity contribution >= 4 is 21.4 Å². The highest BCUT2D eigenvalue weighted by atomic mass is 32.2. The molecule has 1 heterocycles. The highest BCUT2D eigenvalue weighted by Crippen LogP contribution is 2.50. The van der Waals surface area contributed by atoms with Crippen LogP contribution in [0.5, 0.6) is 5.75 Å². The second-order valence-corrected chi connectivity index (χ2v) is 10.6. The van der Waals surface area contributed by atoms with E-state index in [1.54, 1.807) is 18.2 Å². The molecule has 0 saturated carbocycles. The fourth-order valence-corrected chi connectivity index (χ4v) is 5.91. The van der Waals surface area contributed by atoms with Gasteiger partial charge in [0.1, 0.15) is 5.75 Å². The normalized spacial score (nSPS) is 21.2. The molecule has 1 aliphatic carbocycles. The van der Waals surface area contributed by atoms with E-state index in [0.29, 0.717) is 11.6 Å². The van der Waals surface area contributed by atoms with Gasteiger partial charge in [-0.05, 0) is 79.8 Å². The summed E-state index contributed by atoms with van der Waals surface area (Å²) in [4.78, 5) is 0.277. The van der Waals surface area contributed by atoms with E-state index >= 15 is 0 Å². The molecule has 0 unspecified atom stereocenters. The Labute approximate surface area is 195 Å². The minimum atomic E-state index is -3.67. The Morgan fingerprint density at radius 2 is 1.76 bits per heavy atom. The van der Waals surface area contributed by atoms with E-state index in [4.69, 9.17) is 4.74 Å². The molecule has 33 heavy (non-hydrogen) atoms. The molecule has 0 radical (unpaired) electrons. The molecule has 1 aliphatic heterocycles. The Hall–Kier alpha value is -3.25. The summed E-state index contributed by atoms with van der Waals surface area (Å²) in [5, 5.41) is 3.68. The van der Waals surface area contributed by atoms with Crippen LogP contribution in [0.1, 0.15) is 43.4 Å². The molecule has 3 atom stereocenters. The number of anilines is 2. The molecule has 170 valence electrons. The van der Waals surface area contributed by atoms with Crippen LogP contribution in [-0.4, -0.2) is 14.5 Å². The Balaban J connectivity index is 1.44. The first-order chi connectivity index (χ1) is 15.9. The molecule has 0 saturated heterocycles. The van der Waals surface area contributed by atoms with Crippen molar-refractivity contribution in [1.82, 2.24) is 0 Å². The summed E-state index contributed by atoms with van der Waals surface area (Å²) in [6.45, 7) is 4.04. The minimum absolute atomic E-state index is 0.140. The van der Waals surface area contributed by atoms with Gasteiger partial charge < -0.3 is 10.1 Å². The monoisotopic (exact) mass is 460 g/mol. The number of benzene rings is 3. The number of ether oxygens (including phenoxy) is 1. The summed E-state index contributed by atoms with van der Waals surface area (Å²) in [6, 6.07) is 22.8. The van der Waals surface area contributed by atoms with Gasteiger partial charge in [-0.15, -0.1) is 0 Å². The summed E-state index contributed by atoms with van der Waals surface area (Å²) in [6.07, 6.45) is 5.51. The topological polar surface area (TPSA) is 67.4 Å². The molecular formula is C27H28N2O3S. The van der Waals surface area contributed by atoms with Crippen molar-refractivity contribution in [3.63, 3.8) is 0 Å². The van der Waals surface area contributed by atoms with Gasteiger partial charge in [-0.1, -0.05) is 42.5 Å². The highest BCUT2D eigenvalue weighted by molar-refractivity contribution is 7.92. The van der Waals surface area contributed by atoms with Crippen LogP contribution in [0, 0.1) is 5.92 Å². The van der Waals surface area contributed by atoms with E-state index < -0.39 is 10.0 Å². The molecule has 2 aliphatic rings. The summed E-state index contributed by atoms with van der Waals surface area (Å²) < 4.78 is 34.5. The quantitative estimate of drug-likeness (QED) is 0.436. The zero-order valence-corrected chi connectivity index (χ0v) is 19.5. The SMILES string of the molecule is CC(C)Oc1ccc([C@H]2Nc3ccc(S(=O)(=O)Nc4ccccc4)cc3[C@H]3C=CC[C@H]32)cc1. The molecule has 3 aromatic carbocycles. The first-order valence-corrected chi connectivity index (χ1v) is 12.8. The van der Waals surface area contributed by atoms with Crippen LogP contribution < -0.4 is 14.8 Å². The van der Waals surface area contributed by atoms with Crippen LogP contribution in [-0.2, 0) is 10.0 Å². The molecule has 0 amide bonds. The number of rotatable bonds is 6. The third-order valence-electron chi connectivity index (χ3n) is 6.28. The smallest absolute Gasteiger partial charge is 0.261 e.